The summed E-state index contributed by atoms with van der Waals surface area (Å²) in [5, 5.41) is 19.8. The van der Waals surface area contributed by atoms with Crippen LogP contribution in [0.5, 0.6) is 0 Å². The molecule has 2 aromatic heterocycles. The number of fused-ring (bicyclic) bond motifs is 1. The number of aromatic nitrogens is 2. The zero-order valence-corrected chi connectivity index (χ0v) is 13.9. The maximum Gasteiger partial charge on any atom is 0.348 e. The van der Waals surface area contributed by atoms with E-state index in [-0.39, 0.29) is 6.42 Å². The quantitative estimate of drug-likeness (QED) is 0.851. The summed E-state index contributed by atoms with van der Waals surface area (Å²) in [6.07, 6.45) is 0.0900. The molecule has 0 amide bonds. The highest BCUT2D eigenvalue weighted by atomic mass is 32.1. The molecule has 1 aliphatic heterocycles. The lowest BCUT2D eigenvalue weighted by Gasteiger charge is -2.46. The number of hydrogen-bond acceptors (Lipinski definition) is 8. The zero-order chi connectivity index (χ0) is 16.8. The number of aryl methyl sites for hydroxylation is 2. The van der Waals surface area contributed by atoms with Crippen molar-refractivity contribution in [3.8, 4) is 6.07 Å². The van der Waals surface area contributed by atoms with Crippen LogP contribution in [0, 0.1) is 25.2 Å². The molecule has 0 spiro atoms. The topological polar surface area (TPSA) is 99.3 Å². The van der Waals surface area contributed by atoms with E-state index in [1.165, 1.54) is 18.4 Å². The van der Waals surface area contributed by atoms with Gasteiger partial charge in [-0.15, -0.1) is 11.3 Å². The third-order valence-electron chi connectivity index (χ3n) is 3.93. The summed E-state index contributed by atoms with van der Waals surface area (Å²) in [6, 6.07) is 2.00. The number of aliphatic hydroxyl groups is 1. The standard InChI is InChI=1S/C15H16N4O3S/c1-8-10-12(19-6-15(21,7-19)4-5-16)17-9(2)18-13(10)23-11(8)14(20)22-3/h21H,4,6-7H2,1-3H3. The van der Waals surface area contributed by atoms with E-state index < -0.39 is 11.6 Å². The third kappa shape index (κ3) is 2.52. The number of nitrogens with zero attached hydrogens (tertiary/aromatic N) is 4. The average Bonchev–Trinajstić information content (AvgIpc) is 2.80. The Labute approximate surface area is 137 Å². The molecule has 0 unspecified atom stereocenters. The van der Waals surface area contributed by atoms with Gasteiger partial charge in [0.15, 0.2) is 0 Å². The van der Waals surface area contributed by atoms with E-state index in [1.807, 2.05) is 17.9 Å². The largest absolute Gasteiger partial charge is 0.465 e. The van der Waals surface area contributed by atoms with Gasteiger partial charge in [-0.3, -0.25) is 0 Å². The Morgan fingerprint density at radius 2 is 2.17 bits per heavy atom. The molecule has 1 N–H and O–H groups in total. The van der Waals surface area contributed by atoms with Crippen LogP contribution in [-0.2, 0) is 4.74 Å². The molecule has 0 aliphatic carbocycles. The molecular formula is C15H16N4O3S. The minimum absolute atomic E-state index is 0.0900. The van der Waals surface area contributed by atoms with Crippen molar-refractivity contribution in [2.75, 3.05) is 25.1 Å². The Morgan fingerprint density at radius 1 is 1.48 bits per heavy atom. The van der Waals surface area contributed by atoms with Crippen molar-refractivity contribution < 1.29 is 14.6 Å². The molecule has 3 rings (SSSR count). The van der Waals surface area contributed by atoms with Crippen LogP contribution in [0.4, 0.5) is 5.82 Å². The second-order valence-corrected chi connectivity index (χ2v) is 6.74. The number of carbonyl (C=O) groups excluding carboxylic acids is 1. The van der Waals surface area contributed by atoms with Crippen LogP contribution in [-0.4, -0.2) is 46.8 Å². The maximum atomic E-state index is 11.9. The number of rotatable bonds is 3. The van der Waals surface area contributed by atoms with E-state index in [0.717, 1.165) is 15.8 Å². The lowest BCUT2D eigenvalue weighted by atomic mass is 9.91. The van der Waals surface area contributed by atoms with Crippen molar-refractivity contribution in [3.63, 3.8) is 0 Å². The van der Waals surface area contributed by atoms with Crippen molar-refractivity contribution >= 4 is 33.3 Å². The lowest BCUT2D eigenvalue weighted by Crippen LogP contribution is -2.62. The van der Waals surface area contributed by atoms with Crippen molar-refractivity contribution in [2.24, 2.45) is 0 Å². The Kier molecular flexibility index (Phi) is 3.70. The fraction of sp³-hybridized carbons (Fsp3) is 0.467. The van der Waals surface area contributed by atoms with Crippen molar-refractivity contribution in [3.05, 3.63) is 16.3 Å². The molecular weight excluding hydrogens is 316 g/mol. The normalized spacial score (nSPS) is 16.0. The van der Waals surface area contributed by atoms with Gasteiger partial charge in [0.25, 0.3) is 0 Å². The van der Waals surface area contributed by atoms with E-state index in [2.05, 4.69) is 9.97 Å². The molecule has 1 aliphatic rings. The first-order chi connectivity index (χ1) is 10.9. The van der Waals surface area contributed by atoms with Crippen molar-refractivity contribution in [2.45, 2.75) is 25.9 Å². The first-order valence-corrected chi connectivity index (χ1v) is 7.90. The van der Waals surface area contributed by atoms with E-state index in [9.17, 15) is 9.90 Å². The number of carbonyl (C=O) groups is 1. The predicted octanol–water partition coefficient (Wildman–Crippen LogP) is 1.56. The molecule has 0 bridgehead atoms. The summed E-state index contributed by atoms with van der Waals surface area (Å²) in [4.78, 5) is 23.9. The Morgan fingerprint density at radius 3 is 2.78 bits per heavy atom. The Bertz CT molecular complexity index is 833. The van der Waals surface area contributed by atoms with Gasteiger partial charge in [-0.05, 0) is 19.4 Å². The van der Waals surface area contributed by atoms with Crippen LogP contribution < -0.4 is 4.90 Å². The van der Waals surface area contributed by atoms with E-state index >= 15 is 0 Å². The molecule has 0 radical (unpaired) electrons. The van der Waals surface area contributed by atoms with Gasteiger partial charge in [0.2, 0.25) is 0 Å². The maximum absolute atomic E-state index is 11.9. The number of thiophene rings is 1. The Balaban J connectivity index is 2.06. The van der Waals surface area contributed by atoms with Crippen molar-refractivity contribution in [1.29, 1.82) is 5.26 Å². The van der Waals surface area contributed by atoms with Gasteiger partial charge in [-0.1, -0.05) is 0 Å². The van der Waals surface area contributed by atoms with Gasteiger partial charge in [-0.25, -0.2) is 14.8 Å². The third-order valence-corrected chi connectivity index (χ3v) is 5.10. The molecule has 1 saturated heterocycles. The second kappa shape index (κ2) is 5.44. The molecule has 0 atom stereocenters. The first-order valence-electron chi connectivity index (χ1n) is 7.09. The number of β-amino-alcohol motifs (C(OH)–C–C–N with tert-alkyl or cyclic N) is 1. The number of methoxy groups -OCH3 is 1. The van der Waals surface area contributed by atoms with E-state index in [1.54, 1.807) is 6.92 Å². The second-order valence-electron chi connectivity index (χ2n) is 5.74. The molecule has 0 saturated carbocycles. The molecule has 3 heterocycles. The Hall–Kier alpha value is -2.24. The van der Waals surface area contributed by atoms with Crippen LogP contribution in [0.2, 0.25) is 0 Å². The minimum Gasteiger partial charge on any atom is -0.465 e. The first kappa shape index (κ1) is 15.6. The van der Waals surface area contributed by atoms with Crippen LogP contribution in [0.3, 0.4) is 0 Å². The highest BCUT2D eigenvalue weighted by Gasteiger charge is 2.42. The van der Waals surface area contributed by atoms with Crippen LogP contribution >= 0.6 is 11.3 Å². The monoisotopic (exact) mass is 332 g/mol. The summed E-state index contributed by atoms with van der Waals surface area (Å²) in [6.45, 7) is 4.32. The number of nitriles is 1. The molecule has 8 heteroatoms. The smallest absolute Gasteiger partial charge is 0.348 e. The van der Waals surface area contributed by atoms with Gasteiger partial charge in [0.1, 0.15) is 27.0 Å². The summed E-state index contributed by atoms with van der Waals surface area (Å²) >= 11 is 1.28. The fourth-order valence-corrected chi connectivity index (χ4v) is 3.95. The highest BCUT2D eigenvalue weighted by molar-refractivity contribution is 7.20. The average molecular weight is 332 g/mol. The highest BCUT2D eigenvalue weighted by Crippen LogP contribution is 2.39. The molecule has 1 fully saturated rings. The minimum atomic E-state index is -0.991. The molecule has 120 valence electrons. The van der Waals surface area contributed by atoms with Gasteiger partial charge in [0, 0.05) is 0 Å². The number of hydrogen-bond donors (Lipinski definition) is 1. The van der Waals surface area contributed by atoms with Gasteiger partial charge in [0.05, 0.1) is 38.1 Å². The lowest BCUT2D eigenvalue weighted by molar-refractivity contribution is 0.0163. The predicted molar refractivity (Wildman–Crippen MR) is 85.6 cm³/mol. The van der Waals surface area contributed by atoms with Crippen LogP contribution in [0.15, 0.2) is 0 Å². The number of ether oxygens (including phenoxy) is 1. The summed E-state index contributed by atoms with van der Waals surface area (Å²) in [5.74, 6) is 0.901. The summed E-state index contributed by atoms with van der Waals surface area (Å²) in [5.41, 5.74) is -0.211. The fourth-order valence-electron chi connectivity index (χ4n) is 2.81. The number of anilines is 1. The SMILES string of the molecule is COC(=O)c1sc2nc(C)nc(N3CC(O)(CC#N)C3)c2c1C. The van der Waals surface area contributed by atoms with E-state index in [0.29, 0.717) is 29.6 Å². The summed E-state index contributed by atoms with van der Waals surface area (Å²) < 4.78 is 4.82. The van der Waals surface area contributed by atoms with Gasteiger partial charge in [-0.2, -0.15) is 5.26 Å². The van der Waals surface area contributed by atoms with Crippen LogP contribution in [0.25, 0.3) is 10.2 Å². The molecule has 0 aromatic carbocycles. The number of esters is 1. The van der Waals surface area contributed by atoms with Crippen molar-refractivity contribution in [1.82, 2.24) is 9.97 Å². The molecule has 7 nitrogen and oxygen atoms in total. The van der Waals surface area contributed by atoms with Gasteiger partial charge >= 0.3 is 5.97 Å². The summed E-state index contributed by atoms with van der Waals surface area (Å²) in [7, 11) is 1.35. The molecule has 23 heavy (non-hydrogen) atoms. The van der Waals surface area contributed by atoms with Gasteiger partial charge < -0.3 is 14.7 Å². The zero-order valence-electron chi connectivity index (χ0n) is 13.1. The van der Waals surface area contributed by atoms with Crippen LogP contribution in [0.1, 0.15) is 27.5 Å². The van der Waals surface area contributed by atoms with E-state index in [4.69, 9.17) is 10.00 Å². The molecule has 2 aromatic rings.